The lowest BCUT2D eigenvalue weighted by Crippen LogP contribution is -2.12. The van der Waals surface area contributed by atoms with E-state index in [1.165, 1.54) is 9.35 Å². The molecule has 2 aromatic rings. The Hall–Kier alpha value is -0.350. The van der Waals surface area contributed by atoms with Crippen LogP contribution in [0.15, 0.2) is 39.5 Å². The van der Waals surface area contributed by atoms with Gasteiger partial charge in [0.2, 0.25) is 0 Å². The molecule has 0 bridgehead atoms. The third-order valence-corrected chi connectivity index (χ3v) is 4.15. The number of halogens is 2. The zero-order chi connectivity index (χ0) is 11.4. The zero-order valence-electron chi connectivity index (χ0n) is 8.54. The molecule has 1 aromatic heterocycles. The summed E-state index contributed by atoms with van der Waals surface area (Å²) in [6.45, 7) is 1.67. The van der Waals surface area contributed by atoms with Crippen LogP contribution in [0.2, 0.25) is 5.02 Å². The van der Waals surface area contributed by atoms with E-state index in [0.29, 0.717) is 0 Å². The summed E-state index contributed by atoms with van der Waals surface area (Å²) in [4.78, 5) is 0. The number of benzene rings is 1. The lowest BCUT2D eigenvalue weighted by atomic mass is 10.2. The fourth-order valence-electron chi connectivity index (χ4n) is 1.42. The molecule has 0 spiro atoms. The van der Waals surface area contributed by atoms with E-state index in [1.807, 2.05) is 24.3 Å². The summed E-state index contributed by atoms with van der Waals surface area (Å²) in [7, 11) is 0. The fourth-order valence-corrected chi connectivity index (χ4v) is 2.83. The van der Waals surface area contributed by atoms with Crippen LogP contribution in [-0.4, -0.2) is 0 Å². The molecule has 4 heteroatoms. The Kier molecular flexibility index (Phi) is 4.41. The number of thiophene rings is 1. The molecular weight excluding hydrogens is 306 g/mol. The largest absolute Gasteiger partial charge is 0.309 e. The van der Waals surface area contributed by atoms with Crippen molar-refractivity contribution in [2.24, 2.45) is 0 Å². The van der Waals surface area contributed by atoms with Gasteiger partial charge in [-0.2, -0.15) is 0 Å². The Labute approximate surface area is 113 Å². The minimum atomic E-state index is 0.799. The quantitative estimate of drug-likeness (QED) is 0.878. The molecule has 16 heavy (non-hydrogen) atoms. The molecule has 1 heterocycles. The molecule has 0 radical (unpaired) electrons. The first-order valence-corrected chi connectivity index (χ1v) is 6.98. The predicted molar refractivity (Wildman–Crippen MR) is 74.0 cm³/mol. The normalized spacial score (nSPS) is 10.6. The molecular formula is C12H11BrClNS. The van der Waals surface area contributed by atoms with Crippen LogP contribution in [0.1, 0.15) is 11.1 Å². The molecule has 0 amide bonds. The topological polar surface area (TPSA) is 12.0 Å². The maximum Gasteiger partial charge on any atom is 0.0701 e. The van der Waals surface area contributed by atoms with Crippen LogP contribution >= 0.6 is 38.9 Å². The van der Waals surface area contributed by atoms with E-state index in [-0.39, 0.29) is 0 Å². The molecule has 0 saturated heterocycles. The first kappa shape index (κ1) is 12.1. The number of hydrogen-bond donors (Lipinski definition) is 1. The summed E-state index contributed by atoms with van der Waals surface area (Å²) in [6.07, 6.45) is 0. The van der Waals surface area contributed by atoms with Crippen LogP contribution in [0.3, 0.4) is 0 Å². The number of hydrogen-bond acceptors (Lipinski definition) is 2. The monoisotopic (exact) mass is 315 g/mol. The highest BCUT2D eigenvalue weighted by atomic mass is 79.9. The Morgan fingerprint density at radius 1 is 1.25 bits per heavy atom. The van der Waals surface area contributed by atoms with Crippen molar-refractivity contribution < 1.29 is 0 Å². The van der Waals surface area contributed by atoms with Gasteiger partial charge in [-0.15, -0.1) is 11.3 Å². The highest BCUT2D eigenvalue weighted by molar-refractivity contribution is 9.11. The number of rotatable bonds is 4. The smallest absolute Gasteiger partial charge is 0.0701 e. The second kappa shape index (κ2) is 5.82. The maximum atomic E-state index is 6.06. The van der Waals surface area contributed by atoms with Gasteiger partial charge in [-0.05, 0) is 44.6 Å². The molecule has 0 aliphatic heterocycles. The van der Waals surface area contributed by atoms with Crippen molar-refractivity contribution in [3.8, 4) is 0 Å². The van der Waals surface area contributed by atoms with E-state index in [2.05, 4.69) is 32.7 Å². The average molecular weight is 317 g/mol. The Balaban J connectivity index is 1.87. The van der Waals surface area contributed by atoms with E-state index >= 15 is 0 Å². The van der Waals surface area contributed by atoms with E-state index in [9.17, 15) is 0 Å². The molecule has 0 unspecified atom stereocenters. The van der Waals surface area contributed by atoms with Gasteiger partial charge in [-0.3, -0.25) is 0 Å². The van der Waals surface area contributed by atoms with Crippen molar-refractivity contribution in [2.45, 2.75) is 13.1 Å². The van der Waals surface area contributed by atoms with Crippen LogP contribution in [0.5, 0.6) is 0 Å². The van der Waals surface area contributed by atoms with Crippen LogP contribution in [0.25, 0.3) is 0 Å². The third kappa shape index (κ3) is 3.32. The summed E-state index contributed by atoms with van der Waals surface area (Å²) in [6, 6.07) is 10.0. The van der Waals surface area contributed by atoms with Gasteiger partial charge < -0.3 is 5.32 Å². The molecule has 0 saturated carbocycles. The summed E-state index contributed by atoms with van der Waals surface area (Å²) in [5.41, 5.74) is 2.43. The molecule has 0 aliphatic rings. The van der Waals surface area contributed by atoms with Gasteiger partial charge in [0.15, 0.2) is 0 Å². The van der Waals surface area contributed by atoms with Crippen molar-refractivity contribution >= 4 is 38.9 Å². The van der Waals surface area contributed by atoms with Gasteiger partial charge in [0.1, 0.15) is 0 Å². The SMILES string of the molecule is Clc1ccccc1CNCc1csc(Br)c1. The van der Waals surface area contributed by atoms with Gasteiger partial charge in [-0.1, -0.05) is 29.8 Å². The van der Waals surface area contributed by atoms with E-state index in [1.54, 1.807) is 11.3 Å². The lowest BCUT2D eigenvalue weighted by molar-refractivity contribution is 0.695. The molecule has 2 rings (SSSR count). The molecule has 1 nitrogen and oxygen atoms in total. The van der Waals surface area contributed by atoms with Crippen LogP contribution < -0.4 is 5.32 Å². The van der Waals surface area contributed by atoms with Gasteiger partial charge in [-0.25, -0.2) is 0 Å². The molecule has 0 atom stereocenters. The summed E-state index contributed by atoms with van der Waals surface area (Å²) in [5, 5.41) is 6.34. The van der Waals surface area contributed by atoms with Gasteiger partial charge in [0.05, 0.1) is 3.79 Å². The number of nitrogens with one attached hydrogen (secondary N) is 1. The first-order valence-electron chi connectivity index (χ1n) is 4.93. The summed E-state index contributed by atoms with van der Waals surface area (Å²) >= 11 is 11.2. The third-order valence-electron chi connectivity index (χ3n) is 2.22. The highest BCUT2D eigenvalue weighted by Crippen LogP contribution is 2.20. The molecule has 0 aliphatic carbocycles. The maximum absolute atomic E-state index is 6.06. The molecule has 0 fully saturated rings. The minimum absolute atomic E-state index is 0.799. The fraction of sp³-hybridized carbons (Fsp3) is 0.167. The Morgan fingerprint density at radius 2 is 2.06 bits per heavy atom. The van der Waals surface area contributed by atoms with Crippen molar-refractivity contribution in [1.29, 1.82) is 0 Å². The second-order valence-corrected chi connectivity index (χ2v) is 6.15. The minimum Gasteiger partial charge on any atom is -0.309 e. The Morgan fingerprint density at radius 3 is 2.75 bits per heavy atom. The van der Waals surface area contributed by atoms with E-state index < -0.39 is 0 Å². The van der Waals surface area contributed by atoms with Crippen molar-refractivity contribution in [2.75, 3.05) is 0 Å². The van der Waals surface area contributed by atoms with Crippen molar-refractivity contribution in [1.82, 2.24) is 5.32 Å². The van der Waals surface area contributed by atoms with Crippen LogP contribution in [0.4, 0.5) is 0 Å². The van der Waals surface area contributed by atoms with Crippen molar-refractivity contribution in [3.05, 3.63) is 55.6 Å². The van der Waals surface area contributed by atoms with E-state index in [4.69, 9.17) is 11.6 Å². The molecule has 84 valence electrons. The first-order chi connectivity index (χ1) is 7.75. The van der Waals surface area contributed by atoms with Crippen LogP contribution in [-0.2, 0) is 13.1 Å². The zero-order valence-corrected chi connectivity index (χ0v) is 11.7. The predicted octanol–water partition coefficient (Wildman–Crippen LogP) is 4.45. The van der Waals surface area contributed by atoms with E-state index in [0.717, 1.165) is 23.7 Å². The molecule has 1 N–H and O–H groups in total. The Bertz CT molecular complexity index is 470. The standard InChI is InChI=1S/C12H11BrClNS/c13-12-5-9(8-16-12)6-15-7-10-3-1-2-4-11(10)14/h1-5,8,15H,6-7H2. The van der Waals surface area contributed by atoms with Crippen LogP contribution in [0, 0.1) is 0 Å². The highest BCUT2D eigenvalue weighted by Gasteiger charge is 1.99. The average Bonchev–Trinajstić information content (AvgIpc) is 2.67. The van der Waals surface area contributed by atoms with Gasteiger partial charge in [0.25, 0.3) is 0 Å². The second-order valence-electron chi connectivity index (χ2n) is 3.45. The summed E-state index contributed by atoms with van der Waals surface area (Å²) in [5.74, 6) is 0. The van der Waals surface area contributed by atoms with Crippen molar-refractivity contribution in [3.63, 3.8) is 0 Å². The lowest BCUT2D eigenvalue weighted by Gasteiger charge is -2.05. The summed E-state index contributed by atoms with van der Waals surface area (Å²) < 4.78 is 1.17. The van der Waals surface area contributed by atoms with Gasteiger partial charge >= 0.3 is 0 Å². The van der Waals surface area contributed by atoms with Gasteiger partial charge in [0, 0.05) is 18.1 Å². The molecule has 1 aromatic carbocycles.